The number of benzene rings is 2. The fourth-order valence-corrected chi connectivity index (χ4v) is 5.94. The van der Waals surface area contributed by atoms with Crippen molar-refractivity contribution in [1.29, 1.82) is 0 Å². The number of nitrogens with one attached hydrogen (secondary N) is 2. The van der Waals surface area contributed by atoms with E-state index < -0.39 is 10.0 Å². The Balaban J connectivity index is 1.75. The van der Waals surface area contributed by atoms with Gasteiger partial charge in [0.05, 0.1) is 11.5 Å². The Kier molecular flexibility index (Phi) is 10.7. The molecule has 1 saturated heterocycles. The molecule has 1 atom stereocenters. The number of amides is 1. The Morgan fingerprint density at radius 3 is 2.67 bits per heavy atom. The van der Waals surface area contributed by atoms with Gasteiger partial charge < -0.3 is 9.64 Å². The molecule has 1 aliphatic heterocycles. The van der Waals surface area contributed by atoms with E-state index in [0.717, 1.165) is 41.2 Å². The van der Waals surface area contributed by atoms with E-state index in [0.29, 0.717) is 31.1 Å². The molecule has 2 N–H and O–H groups in total. The second-order valence-electron chi connectivity index (χ2n) is 8.74. The highest BCUT2D eigenvalue weighted by molar-refractivity contribution is 8.00. The van der Waals surface area contributed by atoms with Gasteiger partial charge in [0.1, 0.15) is 11.1 Å². The quantitative estimate of drug-likeness (QED) is 0.362. The Hall–Kier alpha value is -2.04. The van der Waals surface area contributed by atoms with Gasteiger partial charge in [0.25, 0.3) is 0 Å². The van der Waals surface area contributed by atoms with Gasteiger partial charge in [-0.25, -0.2) is 13.1 Å². The molecule has 3 rings (SSSR count). The smallest absolute Gasteiger partial charge is 0.250 e. The van der Waals surface area contributed by atoms with Crippen LogP contribution in [0.25, 0.3) is 0 Å². The monoisotopic (exact) mass is 551 g/mol. The van der Waals surface area contributed by atoms with E-state index >= 15 is 0 Å². The van der Waals surface area contributed by atoms with E-state index in [-0.39, 0.29) is 22.7 Å². The van der Waals surface area contributed by atoms with Gasteiger partial charge in [-0.15, -0.1) is 11.8 Å². The van der Waals surface area contributed by atoms with E-state index in [9.17, 15) is 13.2 Å². The van der Waals surface area contributed by atoms with Crippen LogP contribution in [0.1, 0.15) is 31.4 Å². The standard InChI is InChI=1S/C26H34ClN3O4S2/c1-4-14-34-24-10-7-22(27)16-21(24)18-30(26(31)25-28-12-15-35-25)13-11-20-5-8-23(9-6-20)36(32,33)29-17-19(2)3/h5-10,16,25,28-29H,2,4,11-15,17-18H2,1,3H3/t25-/m0/s1. The lowest BCUT2D eigenvalue weighted by Gasteiger charge is -2.26. The van der Waals surface area contributed by atoms with Crippen molar-refractivity contribution in [1.82, 2.24) is 14.9 Å². The Labute approximate surface area is 223 Å². The number of ether oxygens (including phenoxy) is 1. The molecule has 7 nitrogen and oxygen atoms in total. The molecule has 1 fully saturated rings. The number of thioether (sulfide) groups is 1. The highest BCUT2D eigenvalue weighted by atomic mass is 35.5. The van der Waals surface area contributed by atoms with Gasteiger partial charge in [-0.2, -0.15) is 0 Å². The van der Waals surface area contributed by atoms with Crippen LogP contribution in [0.5, 0.6) is 5.75 Å². The first-order valence-electron chi connectivity index (χ1n) is 12.0. The summed E-state index contributed by atoms with van der Waals surface area (Å²) in [6.07, 6.45) is 1.45. The van der Waals surface area contributed by atoms with Crippen LogP contribution in [-0.4, -0.2) is 56.6 Å². The van der Waals surface area contributed by atoms with Gasteiger partial charge in [-0.1, -0.05) is 42.8 Å². The lowest BCUT2D eigenvalue weighted by Crippen LogP contribution is -2.43. The molecule has 0 spiro atoms. The summed E-state index contributed by atoms with van der Waals surface area (Å²) in [5.41, 5.74) is 2.53. The summed E-state index contributed by atoms with van der Waals surface area (Å²) in [5, 5.41) is 3.57. The van der Waals surface area contributed by atoms with Crippen LogP contribution in [0.3, 0.4) is 0 Å². The van der Waals surface area contributed by atoms with Crippen molar-refractivity contribution >= 4 is 39.3 Å². The topological polar surface area (TPSA) is 87.7 Å². The maximum atomic E-state index is 13.4. The molecule has 10 heteroatoms. The van der Waals surface area contributed by atoms with Gasteiger partial charge >= 0.3 is 0 Å². The van der Waals surface area contributed by atoms with E-state index in [4.69, 9.17) is 16.3 Å². The minimum atomic E-state index is -3.60. The summed E-state index contributed by atoms with van der Waals surface area (Å²) in [5.74, 6) is 1.63. The molecule has 0 unspecified atom stereocenters. The third-order valence-corrected chi connectivity index (χ3v) is 8.36. The maximum absolute atomic E-state index is 13.4. The van der Waals surface area contributed by atoms with Gasteiger partial charge in [0.2, 0.25) is 15.9 Å². The lowest BCUT2D eigenvalue weighted by atomic mass is 10.1. The Morgan fingerprint density at radius 1 is 1.28 bits per heavy atom. The van der Waals surface area contributed by atoms with E-state index in [1.807, 2.05) is 24.0 Å². The largest absolute Gasteiger partial charge is 0.493 e. The number of nitrogens with zero attached hydrogens (tertiary/aromatic N) is 1. The van der Waals surface area contributed by atoms with Crippen LogP contribution in [-0.2, 0) is 27.8 Å². The zero-order valence-corrected chi connectivity index (χ0v) is 23.1. The van der Waals surface area contributed by atoms with E-state index in [1.165, 1.54) is 0 Å². The SMILES string of the molecule is C=C(C)CNS(=O)(=O)c1ccc(CCN(Cc2cc(Cl)ccc2OCCC)C(=O)[C@H]2NCCS2)cc1. The van der Waals surface area contributed by atoms with Crippen LogP contribution in [0.4, 0.5) is 0 Å². The van der Waals surface area contributed by atoms with Crippen LogP contribution >= 0.6 is 23.4 Å². The summed E-state index contributed by atoms with van der Waals surface area (Å²) >= 11 is 7.87. The third-order valence-electron chi connectivity index (χ3n) is 5.57. The minimum Gasteiger partial charge on any atom is -0.493 e. The molecule has 1 heterocycles. The molecule has 0 aliphatic carbocycles. The van der Waals surface area contributed by atoms with Crippen LogP contribution in [0, 0.1) is 0 Å². The number of hydrogen-bond donors (Lipinski definition) is 2. The first-order valence-corrected chi connectivity index (χ1v) is 14.9. The predicted molar refractivity (Wildman–Crippen MR) is 147 cm³/mol. The highest BCUT2D eigenvalue weighted by Gasteiger charge is 2.28. The normalized spacial score (nSPS) is 15.6. The second-order valence-corrected chi connectivity index (χ2v) is 12.2. The molecular formula is C26H34ClN3O4S2. The average Bonchev–Trinajstić information content (AvgIpc) is 3.40. The van der Waals surface area contributed by atoms with E-state index in [2.05, 4.69) is 16.6 Å². The Bertz CT molecular complexity index is 1150. The highest BCUT2D eigenvalue weighted by Crippen LogP contribution is 2.26. The molecule has 1 aliphatic rings. The summed E-state index contributed by atoms with van der Waals surface area (Å²) in [4.78, 5) is 15.4. The van der Waals surface area contributed by atoms with Crippen molar-refractivity contribution < 1.29 is 17.9 Å². The van der Waals surface area contributed by atoms with E-state index in [1.54, 1.807) is 49.0 Å². The molecule has 1 amide bonds. The molecule has 36 heavy (non-hydrogen) atoms. The first-order chi connectivity index (χ1) is 17.2. The lowest BCUT2D eigenvalue weighted by molar-refractivity contribution is -0.131. The van der Waals surface area contributed by atoms with Gasteiger partial charge in [0.15, 0.2) is 0 Å². The molecule has 0 saturated carbocycles. The van der Waals surface area contributed by atoms with Gasteiger partial charge in [0, 0.05) is 42.5 Å². The molecule has 0 radical (unpaired) electrons. The average molecular weight is 552 g/mol. The maximum Gasteiger partial charge on any atom is 0.250 e. The van der Waals surface area contributed by atoms with Crippen molar-refractivity contribution in [3.05, 3.63) is 70.8 Å². The van der Waals surface area contributed by atoms with Crippen molar-refractivity contribution in [3.8, 4) is 5.75 Å². The minimum absolute atomic E-state index is 0.0158. The second kappa shape index (κ2) is 13.5. The summed E-state index contributed by atoms with van der Waals surface area (Å²) in [6, 6.07) is 12.2. The molecular weight excluding hydrogens is 518 g/mol. The number of carbonyl (C=O) groups excluding carboxylic acids is 1. The summed E-state index contributed by atoms with van der Waals surface area (Å²) in [6.45, 7) is 9.95. The molecule has 2 aromatic carbocycles. The molecule has 0 bridgehead atoms. The zero-order chi connectivity index (χ0) is 26.1. The van der Waals surface area contributed by atoms with Crippen molar-refractivity contribution in [2.24, 2.45) is 0 Å². The Morgan fingerprint density at radius 2 is 2.03 bits per heavy atom. The van der Waals surface area contributed by atoms with Crippen LogP contribution in [0.2, 0.25) is 5.02 Å². The molecule has 196 valence electrons. The van der Waals surface area contributed by atoms with Crippen molar-refractivity contribution in [3.63, 3.8) is 0 Å². The number of sulfonamides is 1. The van der Waals surface area contributed by atoms with Crippen LogP contribution in [0.15, 0.2) is 59.5 Å². The van der Waals surface area contributed by atoms with Crippen LogP contribution < -0.4 is 14.8 Å². The van der Waals surface area contributed by atoms with Crippen molar-refractivity contribution in [2.45, 2.75) is 43.5 Å². The fraction of sp³-hybridized carbons (Fsp3) is 0.423. The van der Waals surface area contributed by atoms with Crippen molar-refractivity contribution in [2.75, 3.05) is 32.0 Å². The number of halogens is 1. The number of hydrogen-bond acceptors (Lipinski definition) is 6. The zero-order valence-electron chi connectivity index (χ0n) is 20.8. The first kappa shape index (κ1) is 28.5. The number of rotatable bonds is 13. The number of carbonyl (C=O) groups is 1. The third kappa shape index (κ3) is 8.24. The predicted octanol–water partition coefficient (Wildman–Crippen LogP) is 4.22. The van der Waals surface area contributed by atoms with Gasteiger partial charge in [-0.05, 0) is 55.7 Å². The molecule has 0 aromatic heterocycles. The van der Waals surface area contributed by atoms with Gasteiger partial charge in [-0.3, -0.25) is 10.1 Å². The molecule has 2 aromatic rings. The fourth-order valence-electron chi connectivity index (χ4n) is 3.65. The summed E-state index contributed by atoms with van der Waals surface area (Å²) < 4.78 is 33.3. The summed E-state index contributed by atoms with van der Waals surface area (Å²) in [7, 11) is -3.60.